The number of rotatable bonds is 0. The van der Waals surface area contributed by atoms with Crippen molar-refractivity contribution in [1.82, 2.24) is 0 Å². The molecular formula is C8H12. The van der Waals surface area contributed by atoms with E-state index in [4.69, 9.17) is 0 Å². The predicted octanol–water partition coefficient (Wildman–Crippen LogP) is 1.76. The number of hydrogen-bond donors (Lipinski definition) is 0. The molecule has 2 unspecified atom stereocenters. The molecule has 0 heteroatoms. The molecule has 0 aliphatic heterocycles. The van der Waals surface area contributed by atoms with Gasteiger partial charge in [0.2, 0.25) is 0 Å². The second-order valence-corrected chi connectivity index (χ2v) is 4.03. The van der Waals surface area contributed by atoms with Crippen LogP contribution >= 0.6 is 0 Å². The van der Waals surface area contributed by atoms with Gasteiger partial charge in [0.15, 0.2) is 0 Å². The first kappa shape index (κ1) is 3.92. The van der Waals surface area contributed by atoms with E-state index in [1.807, 2.05) is 0 Å². The van der Waals surface area contributed by atoms with Gasteiger partial charge in [-0.1, -0.05) is 13.8 Å². The van der Waals surface area contributed by atoms with Crippen molar-refractivity contribution in [3.63, 3.8) is 0 Å². The van der Waals surface area contributed by atoms with E-state index >= 15 is 0 Å². The second-order valence-electron chi connectivity index (χ2n) is 4.03. The summed E-state index contributed by atoms with van der Waals surface area (Å²) < 4.78 is 0. The predicted molar refractivity (Wildman–Crippen MR) is 32.3 cm³/mol. The molecule has 0 spiro atoms. The molecular weight excluding hydrogens is 96.1 g/mol. The lowest BCUT2D eigenvalue weighted by Crippen LogP contribution is -1.98. The van der Waals surface area contributed by atoms with Crippen molar-refractivity contribution in [3.05, 3.63) is 0 Å². The van der Waals surface area contributed by atoms with E-state index in [0.717, 1.165) is 11.8 Å². The van der Waals surface area contributed by atoms with Crippen molar-refractivity contribution in [3.8, 4) is 0 Å². The molecule has 2 atom stereocenters. The Labute approximate surface area is 50.3 Å². The fourth-order valence-corrected chi connectivity index (χ4v) is 3.24. The summed E-state index contributed by atoms with van der Waals surface area (Å²) in [5, 5.41) is 0. The van der Waals surface area contributed by atoms with E-state index in [2.05, 4.69) is 13.8 Å². The van der Waals surface area contributed by atoms with Crippen LogP contribution in [0.15, 0.2) is 0 Å². The summed E-state index contributed by atoms with van der Waals surface area (Å²) in [5.74, 6) is 7.12. The fraction of sp³-hybridized carbons (Fsp3) is 1.00. The zero-order chi connectivity index (χ0) is 5.46. The Balaban J connectivity index is 2.02. The van der Waals surface area contributed by atoms with E-state index in [9.17, 15) is 0 Å². The highest BCUT2D eigenvalue weighted by molar-refractivity contribution is 5.28. The van der Waals surface area contributed by atoms with E-state index in [1.54, 1.807) is 0 Å². The van der Waals surface area contributed by atoms with Crippen LogP contribution in [-0.2, 0) is 0 Å². The average Bonchev–Trinajstić information content (AvgIpc) is 2.45. The van der Waals surface area contributed by atoms with Crippen molar-refractivity contribution in [1.29, 1.82) is 0 Å². The van der Waals surface area contributed by atoms with Crippen LogP contribution in [0.2, 0.25) is 0 Å². The molecule has 0 aromatic rings. The maximum atomic E-state index is 2.44. The SMILES string of the molecule is CC1C(C)C2C3C1C23. The van der Waals surface area contributed by atoms with Gasteiger partial charge in [-0.25, -0.2) is 0 Å². The van der Waals surface area contributed by atoms with Crippen molar-refractivity contribution in [2.75, 3.05) is 0 Å². The normalized spacial score (nSPS) is 81.8. The van der Waals surface area contributed by atoms with Crippen molar-refractivity contribution in [2.24, 2.45) is 35.5 Å². The molecule has 2 bridgehead atoms. The molecule has 0 N–H and O–H groups in total. The summed E-state index contributed by atoms with van der Waals surface area (Å²) in [6, 6.07) is 0. The highest BCUT2D eigenvalue weighted by atomic mass is 14.9. The van der Waals surface area contributed by atoms with Gasteiger partial charge in [0.1, 0.15) is 0 Å². The highest BCUT2D eigenvalue weighted by Crippen LogP contribution is 2.85. The Morgan fingerprint density at radius 1 is 0.625 bits per heavy atom. The Bertz CT molecular complexity index is 124. The highest BCUT2D eigenvalue weighted by Gasteiger charge is 2.81. The molecule has 4 aliphatic carbocycles. The number of fused-ring (bicyclic) bond motifs is 1. The summed E-state index contributed by atoms with van der Waals surface area (Å²) in [6.45, 7) is 4.88. The van der Waals surface area contributed by atoms with Gasteiger partial charge >= 0.3 is 0 Å². The quantitative estimate of drug-likeness (QED) is 0.443. The Morgan fingerprint density at radius 3 is 1.12 bits per heavy atom. The first-order chi connectivity index (χ1) is 3.82. The van der Waals surface area contributed by atoms with Crippen LogP contribution in [0, 0.1) is 35.5 Å². The Hall–Kier alpha value is 0. The molecule has 0 saturated heterocycles. The maximum absolute atomic E-state index is 2.44. The summed E-state index contributed by atoms with van der Waals surface area (Å²) >= 11 is 0. The molecule has 4 saturated carbocycles. The third-order valence-corrected chi connectivity index (χ3v) is 3.98. The van der Waals surface area contributed by atoms with Crippen LogP contribution in [0.3, 0.4) is 0 Å². The molecule has 8 heavy (non-hydrogen) atoms. The third kappa shape index (κ3) is 0.191. The molecule has 0 nitrogen and oxygen atoms in total. The summed E-state index contributed by atoms with van der Waals surface area (Å²) in [6.07, 6.45) is 0. The molecule has 0 radical (unpaired) electrons. The van der Waals surface area contributed by atoms with Gasteiger partial charge in [0, 0.05) is 0 Å². The van der Waals surface area contributed by atoms with Crippen molar-refractivity contribution in [2.45, 2.75) is 13.8 Å². The van der Waals surface area contributed by atoms with Gasteiger partial charge in [-0.3, -0.25) is 0 Å². The molecule has 0 aromatic carbocycles. The van der Waals surface area contributed by atoms with Crippen LogP contribution in [0.25, 0.3) is 0 Å². The first-order valence-electron chi connectivity index (χ1n) is 3.82. The molecule has 44 valence electrons. The van der Waals surface area contributed by atoms with Gasteiger partial charge in [-0.2, -0.15) is 0 Å². The van der Waals surface area contributed by atoms with Gasteiger partial charge < -0.3 is 0 Å². The standard InChI is InChI=1S/C8H12/c1-3-4(2)6-7-5(3)8(6)7/h3-8H,1-2H3. The molecule has 4 aliphatic rings. The minimum Gasteiger partial charge on any atom is -0.0620 e. The van der Waals surface area contributed by atoms with Crippen molar-refractivity contribution >= 4 is 0 Å². The minimum absolute atomic E-state index is 1.09. The Kier molecular flexibility index (Phi) is 0.381. The van der Waals surface area contributed by atoms with Crippen molar-refractivity contribution < 1.29 is 0 Å². The second kappa shape index (κ2) is 0.778. The van der Waals surface area contributed by atoms with Crippen LogP contribution in [0.5, 0.6) is 0 Å². The third-order valence-electron chi connectivity index (χ3n) is 3.98. The average molecular weight is 108 g/mol. The fourth-order valence-electron chi connectivity index (χ4n) is 3.24. The Morgan fingerprint density at radius 2 is 1.00 bits per heavy atom. The summed E-state index contributed by atoms with van der Waals surface area (Å²) in [4.78, 5) is 0. The van der Waals surface area contributed by atoms with Gasteiger partial charge in [0.05, 0.1) is 0 Å². The van der Waals surface area contributed by atoms with Gasteiger partial charge in [-0.15, -0.1) is 0 Å². The first-order valence-corrected chi connectivity index (χ1v) is 3.82. The van der Waals surface area contributed by atoms with Crippen LogP contribution < -0.4 is 0 Å². The molecule has 4 fully saturated rings. The minimum atomic E-state index is 1.09. The molecule has 4 rings (SSSR count). The monoisotopic (exact) mass is 108 g/mol. The van der Waals surface area contributed by atoms with E-state index in [0.29, 0.717) is 0 Å². The zero-order valence-electron chi connectivity index (χ0n) is 5.46. The topological polar surface area (TPSA) is 0 Å². The van der Waals surface area contributed by atoms with Crippen LogP contribution in [0.4, 0.5) is 0 Å². The van der Waals surface area contributed by atoms with E-state index in [1.165, 1.54) is 23.7 Å². The smallest absolute Gasteiger partial charge is 0.0312 e. The van der Waals surface area contributed by atoms with E-state index < -0.39 is 0 Å². The molecule has 0 amide bonds. The van der Waals surface area contributed by atoms with Crippen LogP contribution in [0.1, 0.15) is 13.8 Å². The molecule has 0 heterocycles. The van der Waals surface area contributed by atoms with E-state index in [-0.39, 0.29) is 0 Å². The lowest BCUT2D eigenvalue weighted by Gasteiger charge is -2.04. The maximum Gasteiger partial charge on any atom is -0.0312 e. The largest absolute Gasteiger partial charge is 0.0620 e. The lowest BCUT2D eigenvalue weighted by molar-refractivity contribution is 0.445. The van der Waals surface area contributed by atoms with Crippen LogP contribution in [-0.4, -0.2) is 0 Å². The van der Waals surface area contributed by atoms with Gasteiger partial charge in [0.25, 0.3) is 0 Å². The number of hydrogen-bond acceptors (Lipinski definition) is 0. The summed E-state index contributed by atoms with van der Waals surface area (Å²) in [7, 11) is 0. The van der Waals surface area contributed by atoms with Gasteiger partial charge in [-0.05, 0) is 35.5 Å². The zero-order valence-corrected chi connectivity index (χ0v) is 5.46. The molecule has 0 aromatic heterocycles. The summed E-state index contributed by atoms with van der Waals surface area (Å²) in [5.41, 5.74) is 0. The lowest BCUT2D eigenvalue weighted by atomic mass is 10.0.